The summed E-state index contributed by atoms with van der Waals surface area (Å²) >= 11 is 0. The molecule has 0 spiro atoms. The van der Waals surface area contributed by atoms with Gasteiger partial charge in [0.15, 0.2) is 0 Å². The molecule has 1 fully saturated rings. The zero-order valence-corrected chi connectivity index (χ0v) is 14.5. The first kappa shape index (κ1) is 19.7. The van der Waals surface area contributed by atoms with Crippen molar-refractivity contribution in [1.29, 1.82) is 0 Å². The molecular formula is C17H22F4N2O2. The lowest BCUT2D eigenvalue weighted by molar-refractivity contribution is -0.207. The Labute approximate surface area is 144 Å². The van der Waals surface area contributed by atoms with Crippen molar-refractivity contribution in [2.75, 3.05) is 26.2 Å². The molecule has 1 aliphatic rings. The number of carbonyl (C=O) groups excluding carboxylic acids is 1. The molecule has 140 valence electrons. The average Bonchev–Trinajstić information content (AvgIpc) is 2.49. The Kier molecular flexibility index (Phi) is 5.73. The number of halogens is 4. The summed E-state index contributed by atoms with van der Waals surface area (Å²) in [7, 11) is 0. The molecule has 0 unspecified atom stereocenters. The van der Waals surface area contributed by atoms with E-state index in [0.29, 0.717) is 31.7 Å². The summed E-state index contributed by atoms with van der Waals surface area (Å²) in [6.07, 6.45) is -4.71. The highest BCUT2D eigenvalue weighted by Gasteiger charge is 2.34. The third-order valence-electron chi connectivity index (χ3n) is 3.90. The zero-order chi connectivity index (χ0) is 18.8. The van der Waals surface area contributed by atoms with Crippen molar-refractivity contribution < 1.29 is 27.2 Å². The summed E-state index contributed by atoms with van der Waals surface area (Å²) in [4.78, 5) is 19.1. The van der Waals surface area contributed by atoms with Crippen LogP contribution < -0.4 is 0 Å². The Morgan fingerprint density at radius 2 is 1.72 bits per heavy atom. The fourth-order valence-corrected chi connectivity index (χ4v) is 2.38. The summed E-state index contributed by atoms with van der Waals surface area (Å²) in [6.45, 7) is 7.58. The highest BCUT2D eigenvalue weighted by atomic mass is 19.4. The van der Waals surface area contributed by atoms with Crippen molar-refractivity contribution in [2.24, 2.45) is 5.41 Å². The lowest BCUT2D eigenvalue weighted by Gasteiger charge is -2.34. The predicted octanol–water partition coefficient (Wildman–Crippen LogP) is 3.47. The van der Waals surface area contributed by atoms with Crippen LogP contribution in [-0.2, 0) is 22.4 Å². The molecule has 0 atom stereocenters. The van der Waals surface area contributed by atoms with Crippen LogP contribution in [-0.4, -0.2) is 42.1 Å². The largest absolute Gasteiger partial charge is 0.419 e. The van der Waals surface area contributed by atoms with Gasteiger partial charge in [-0.05, 0) is 38.5 Å². The molecule has 0 aromatic heterocycles. The van der Waals surface area contributed by atoms with Crippen LogP contribution in [0.2, 0.25) is 0 Å². The van der Waals surface area contributed by atoms with E-state index in [1.807, 2.05) is 4.90 Å². The Morgan fingerprint density at radius 1 is 1.12 bits per heavy atom. The number of benzene rings is 1. The second-order valence-electron chi connectivity index (χ2n) is 7.15. The van der Waals surface area contributed by atoms with Crippen molar-refractivity contribution in [3.8, 4) is 0 Å². The van der Waals surface area contributed by atoms with Gasteiger partial charge in [-0.3, -0.25) is 4.90 Å². The third-order valence-corrected chi connectivity index (χ3v) is 3.90. The Hall–Kier alpha value is -1.67. The van der Waals surface area contributed by atoms with Crippen molar-refractivity contribution >= 4 is 5.97 Å². The van der Waals surface area contributed by atoms with Gasteiger partial charge in [0, 0.05) is 32.7 Å². The van der Waals surface area contributed by atoms with E-state index in [-0.39, 0.29) is 12.5 Å². The molecule has 4 nitrogen and oxygen atoms in total. The van der Waals surface area contributed by atoms with Gasteiger partial charge in [0.05, 0.1) is 11.0 Å². The van der Waals surface area contributed by atoms with Crippen molar-refractivity contribution in [1.82, 2.24) is 9.96 Å². The first-order valence-electron chi connectivity index (χ1n) is 8.02. The predicted molar refractivity (Wildman–Crippen MR) is 83.8 cm³/mol. The third kappa shape index (κ3) is 5.40. The maximum absolute atomic E-state index is 13.3. The minimum Gasteiger partial charge on any atom is -0.367 e. The van der Waals surface area contributed by atoms with Gasteiger partial charge in [-0.15, -0.1) is 5.06 Å². The summed E-state index contributed by atoms with van der Waals surface area (Å²) in [5.74, 6) is -1.59. The molecule has 0 N–H and O–H groups in total. The molecule has 0 saturated carbocycles. The molecule has 1 aromatic carbocycles. The van der Waals surface area contributed by atoms with E-state index in [2.05, 4.69) is 0 Å². The number of rotatable bonds is 3. The van der Waals surface area contributed by atoms with E-state index in [9.17, 15) is 22.4 Å². The SMILES string of the molecule is CC(C)(C)C(=O)ON1CCN(Cc2ccc(F)c(C(F)(F)F)c2)CC1. The number of hydrogen-bond acceptors (Lipinski definition) is 4. The van der Waals surface area contributed by atoms with E-state index >= 15 is 0 Å². The van der Waals surface area contributed by atoms with Crippen LogP contribution in [0, 0.1) is 11.2 Å². The number of alkyl halides is 3. The Balaban J connectivity index is 1.91. The van der Waals surface area contributed by atoms with Gasteiger partial charge < -0.3 is 4.84 Å². The van der Waals surface area contributed by atoms with Crippen LogP contribution in [0.1, 0.15) is 31.9 Å². The van der Waals surface area contributed by atoms with Gasteiger partial charge in [-0.2, -0.15) is 13.2 Å². The number of nitrogens with zero attached hydrogens (tertiary/aromatic N) is 2. The highest BCUT2D eigenvalue weighted by molar-refractivity contribution is 5.75. The molecule has 0 radical (unpaired) electrons. The van der Waals surface area contributed by atoms with E-state index in [1.54, 1.807) is 25.8 Å². The molecule has 0 aliphatic carbocycles. The first-order chi connectivity index (χ1) is 11.5. The second-order valence-corrected chi connectivity index (χ2v) is 7.15. The van der Waals surface area contributed by atoms with Crippen LogP contribution in [0.3, 0.4) is 0 Å². The molecule has 0 bridgehead atoms. The summed E-state index contributed by atoms with van der Waals surface area (Å²) in [6, 6.07) is 3.05. The standard InChI is InChI=1S/C17H22F4N2O2/c1-16(2,3)15(24)25-23-8-6-22(7-9-23)11-12-4-5-14(18)13(10-12)17(19,20)21/h4-5,10H,6-9,11H2,1-3H3. The van der Waals surface area contributed by atoms with Gasteiger partial charge in [-0.25, -0.2) is 9.18 Å². The average molecular weight is 362 g/mol. The van der Waals surface area contributed by atoms with Crippen LogP contribution in [0.15, 0.2) is 18.2 Å². The fourth-order valence-electron chi connectivity index (χ4n) is 2.38. The van der Waals surface area contributed by atoms with Gasteiger partial charge in [0.2, 0.25) is 0 Å². The van der Waals surface area contributed by atoms with Gasteiger partial charge in [0.25, 0.3) is 0 Å². The van der Waals surface area contributed by atoms with Crippen LogP contribution in [0.25, 0.3) is 0 Å². The van der Waals surface area contributed by atoms with Crippen LogP contribution in [0.5, 0.6) is 0 Å². The second kappa shape index (κ2) is 7.29. The van der Waals surface area contributed by atoms with Crippen molar-refractivity contribution in [2.45, 2.75) is 33.5 Å². The molecule has 8 heteroatoms. The number of piperazine rings is 1. The molecule has 25 heavy (non-hydrogen) atoms. The maximum Gasteiger partial charge on any atom is 0.419 e. The monoisotopic (exact) mass is 362 g/mol. The molecule has 0 amide bonds. The Morgan fingerprint density at radius 3 is 2.24 bits per heavy atom. The molecule has 1 aromatic rings. The minimum atomic E-state index is -4.71. The van der Waals surface area contributed by atoms with Gasteiger partial charge >= 0.3 is 12.1 Å². The van der Waals surface area contributed by atoms with E-state index in [1.165, 1.54) is 6.07 Å². The molecule has 1 heterocycles. The van der Waals surface area contributed by atoms with Crippen LogP contribution >= 0.6 is 0 Å². The summed E-state index contributed by atoms with van der Waals surface area (Å²) < 4.78 is 51.6. The quantitative estimate of drug-likeness (QED) is 0.771. The highest BCUT2D eigenvalue weighted by Crippen LogP contribution is 2.32. The first-order valence-corrected chi connectivity index (χ1v) is 8.02. The van der Waals surface area contributed by atoms with E-state index < -0.39 is 23.0 Å². The molecular weight excluding hydrogens is 340 g/mol. The number of carbonyl (C=O) groups is 1. The smallest absolute Gasteiger partial charge is 0.367 e. The van der Waals surface area contributed by atoms with Crippen molar-refractivity contribution in [3.63, 3.8) is 0 Å². The topological polar surface area (TPSA) is 32.8 Å². The minimum absolute atomic E-state index is 0.282. The lowest BCUT2D eigenvalue weighted by atomic mass is 9.98. The lowest BCUT2D eigenvalue weighted by Crippen LogP contribution is -2.47. The zero-order valence-electron chi connectivity index (χ0n) is 14.5. The summed E-state index contributed by atoms with van der Waals surface area (Å²) in [5.41, 5.74) is -1.45. The number of hydroxylamine groups is 2. The fraction of sp³-hybridized carbons (Fsp3) is 0.588. The normalized spacial score (nSPS) is 17.6. The van der Waals surface area contributed by atoms with Crippen molar-refractivity contribution in [3.05, 3.63) is 35.1 Å². The van der Waals surface area contributed by atoms with E-state index in [0.717, 1.165) is 12.1 Å². The molecule has 1 aliphatic heterocycles. The maximum atomic E-state index is 13.3. The Bertz CT molecular complexity index is 618. The van der Waals surface area contributed by atoms with Gasteiger partial charge in [0.1, 0.15) is 5.82 Å². The molecule has 1 saturated heterocycles. The summed E-state index contributed by atoms with van der Waals surface area (Å²) in [5, 5.41) is 1.57. The van der Waals surface area contributed by atoms with Crippen LogP contribution in [0.4, 0.5) is 17.6 Å². The molecule has 2 rings (SSSR count). The number of hydrogen-bond donors (Lipinski definition) is 0. The van der Waals surface area contributed by atoms with E-state index in [4.69, 9.17) is 4.84 Å². The van der Waals surface area contributed by atoms with Gasteiger partial charge in [-0.1, -0.05) is 6.07 Å².